The molecule has 1 saturated heterocycles. The minimum Gasteiger partial charge on any atom is -0.460 e. The molecule has 1 heterocycles. The van der Waals surface area contributed by atoms with Crippen molar-refractivity contribution in [3.8, 4) is 0 Å². The van der Waals surface area contributed by atoms with Gasteiger partial charge in [0.2, 0.25) is 5.91 Å². The van der Waals surface area contributed by atoms with Crippen LogP contribution in [0.25, 0.3) is 0 Å². The molecule has 1 aliphatic heterocycles. The molecule has 10 nitrogen and oxygen atoms in total. The Morgan fingerprint density at radius 2 is 1.50 bits per heavy atom. The molecule has 0 spiro atoms. The SMILES string of the molecule is CCCCCCCCCCCCCC(=O)O[C@H]1CC[C@H](NC(=O)[C@H](OC)[C@H](O)[C@@H](O)[C@H](O)C=CC(C)C)C(=O)N(C)C1. The van der Waals surface area contributed by atoms with Crippen molar-refractivity contribution in [2.45, 2.75) is 147 Å². The molecule has 0 aromatic carbocycles. The molecule has 6 atom stereocenters. The van der Waals surface area contributed by atoms with Crippen LogP contribution in [0.3, 0.4) is 0 Å². The topological polar surface area (TPSA) is 146 Å². The number of amides is 2. The van der Waals surface area contributed by atoms with Crippen molar-refractivity contribution in [2.75, 3.05) is 20.7 Å². The van der Waals surface area contributed by atoms with Crippen LogP contribution in [-0.2, 0) is 23.9 Å². The molecule has 1 fully saturated rings. The van der Waals surface area contributed by atoms with Crippen LogP contribution in [0.4, 0.5) is 0 Å². The molecule has 0 radical (unpaired) electrons. The summed E-state index contributed by atoms with van der Waals surface area (Å²) in [5.41, 5.74) is 0. The van der Waals surface area contributed by atoms with Gasteiger partial charge in [-0.1, -0.05) is 97.1 Å². The predicted molar refractivity (Wildman–Crippen MR) is 163 cm³/mol. The van der Waals surface area contributed by atoms with Crippen molar-refractivity contribution in [1.82, 2.24) is 10.2 Å². The Morgan fingerprint density at radius 3 is 2.05 bits per heavy atom. The average molecular weight is 599 g/mol. The van der Waals surface area contributed by atoms with Crippen LogP contribution in [0, 0.1) is 5.92 Å². The minimum atomic E-state index is -1.73. The number of hydrogen-bond acceptors (Lipinski definition) is 8. The summed E-state index contributed by atoms with van der Waals surface area (Å²) < 4.78 is 10.8. The summed E-state index contributed by atoms with van der Waals surface area (Å²) in [6, 6.07) is -0.911. The van der Waals surface area contributed by atoms with E-state index in [4.69, 9.17) is 9.47 Å². The van der Waals surface area contributed by atoms with Crippen LogP contribution >= 0.6 is 0 Å². The number of allylic oxidation sites excluding steroid dienone is 1. The first-order valence-corrected chi connectivity index (χ1v) is 16.0. The standard InChI is InChI=1S/C32H58N2O8/c1-6-7-8-9-10-11-12-13-14-15-16-17-27(36)42-24-19-20-25(32(40)34(4)22-24)33-31(39)30(41-5)29(38)28(37)26(35)21-18-23(2)3/h18,21,23-26,28-30,35,37-38H,6-17,19-20,22H2,1-5H3,(H,33,39)/t24-,25-,26+,28-,29+,30+/m0/s1. The monoisotopic (exact) mass is 598 g/mol. The molecule has 42 heavy (non-hydrogen) atoms. The second-order valence-corrected chi connectivity index (χ2v) is 12.0. The lowest BCUT2D eigenvalue weighted by molar-refractivity contribution is -0.151. The number of likely N-dealkylation sites (tertiary alicyclic amines) is 1. The number of unbranched alkanes of at least 4 members (excludes halogenated alkanes) is 10. The number of rotatable bonds is 21. The van der Waals surface area contributed by atoms with Gasteiger partial charge < -0.3 is 35.0 Å². The number of hydrogen-bond donors (Lipinski definition) is 4. The maximum absolute atomic E-state index is 12.9. The van der Waals surface area contributed by atoms with E-state index in [1.165, 1.54) is 69.5 Å². The third kappa shape index (κ3) is 14.9. The number of ether oxygens (including phenoxy) is 2. The van der Waals surface area contributed by atoms with E-state index in [1.54, 1.807) is 13.1 Å². The summed E-state index contributed by atoms with van der Waals surface area (Å²) in [5, 5.41) is 33.6. The number of esters is 1. The molecule has 244 valence electrons. The summed E-state index contributed by atoms with van der Waals surface area (Å²) in [6.07, 6.45) is 10.4. The highest BCUT2D eigenvalue weighted by Gasteiger charge is 2.38. The number of aliphatic hydroxyl groups is 3. The fraction of sp³-hybridized carbons (Fsp3) is 0.844. The lowest BCUT2D eigenvalue weighted by atomic mass is 10.00. The zero-order chi connectivity index (χ0) is 31.5. The molecule has 0 aromatic rings. The maximum atomic E-state index is 12.9. The fourth-order valence-electron chi connectivity index (χ4n) is 5.12. The zero-order valence-corrected chi connectivity index (χ0v) is 26.6. The Labute approximate surface area is 253 Å². The third-order valence-electron chi connectivity index (χ3n) is 7.74. The van der Waals surface area contributed by atoms with E-state index in [-0.39, 0.29) is 30.8 Å². The van der Waals surface area contributed by atoms with Gasteiger partial charge in [0.15, 0.2) is 6.10 Å². The molecule has 2 amide bonds. The van der Waals surface area contributed by atoms with Gasteiger partial charge in [0, 0.05) is 20.6 Å². The normalized spacial score (nSPS) is 20.8. The van der Waals surface area contributed by atoms with E-state index >= 15 is 0 Å². The Bertz CT molecular complexity index is 805. The van der Waals surface area contributed by atoms with Crippen molar-refractivity contribution in [3.63, 3.8) is 0 Å². The average Bonchev–Trinajstić information content (AvgIpc) is 3.07. The van der Waals surface area contributed by atoms with Gasteiger partial charge in [-0.25, -0.2) is 0 Å². The molecule has 10 heteroatoms. The molecule has 0 aliphatic carbocycles. The van der Waals surface area contributed by atoms with Gasteiger partial charge >= 0.3 is 5.97 Å². The summed E-state index contributed by atoms with van der Waals surface area (Å²) in [5.74, 6) is -1.29. The highest BCUT2D eigenvalue weighted by atomic mass is 16.5. The van der Waals surface area contributed by atoms with Crippen LogP contribution in [-0.4, -0.2) is 95.3 Å². The van der Waals surface area contributed by atoms with E-state index in [9.17, 15) is 29.7 Å². The minimum absolute atomic E-state index is 0.122. The first-order valence-electron chi connectivity index (χ1n) is 16.0. The molecule has 4 N–H and O–H groups in total. The van der Waals surface area contributed by atoms with Crippen LogP contribution in [0.2, 0.25) is 0 Å². The predicted octanol–water partition coefficient (Wildman–Crippen LogP) is 3.65. The van der Waals surface area contributed by atoms with E-state index in [0.29, 0.717) is 12.8 Å². The number of methoxy groups -OCH3 is 1. The second-order valence-electron chi connectivity index (χ2n) is 12.0. The lowest BCUT2D eigenvalue weighted by Gasteiger charge is -2.28. The second kappa shape index (κ2) is 21.6. The van der Waals surface area contributed by atoms with Gasteiger partial charge in [-0.15, -0.1) is 0 Å². The first kappa shape index (κ1) is 38.0. The number of likely N-dealkylation sites (N-methyl/N-ethyl adjacent to an activating group) is 1. The first-order chi connectivity index (χ1) is 20.0. The molecule has 1 aliphatic rings. The van der Waals surface area contributed by atoms with Gasteiger partial charge in [-0.3, -0.25) is 14.4 Å². The number of carbonyl (C=O) groups excluding carboxylic acids is 3. The van der Waals surface area contributed by atoms with E-state index in [0.717, 1.165) is 19.3 Å². The molecule has 0 saturated carbocycles. The Hall–Kier alpha value is -2.01. The molecular weight excluding hydrogens is 540 g/mol. The zero-order valence-electron chi connectivity index (χ0n) is 26.6. The van der Waals surface area contributed by atoms with Gasteiger partial charge in [0.25, 0.3) is 5.91 Å². The maximum Gasteiger partial charge on any atom is 0.306 e. The third-order valence-corrected chi connectivity index (χ3v) is 7.74. The van der Waals surface area contributed by atoms with E-state index in [2.05, 4.69) is 12.2 Å². The molecule has 0 bridgehead atoms. The van der Waals surface area contributed by atoms with Gasteiger partial charge in [0.05, 0.1) is 6.54 Å². The van der Waals surface area contributed by atoms with Gasteiger partial charge in [-0.2, -0.15) is 0 Å². The van der Waals surface area contributed by atoms with E-state index in [1.807, 2.05) is 13.8 Å². The van der Waals surface area contributed by atoms with E-state index < -0.39 is 42.5 Å². The fourth-order valence-corrected chi connectivity index (χ4v) is 5.12. The summed E-state index contributed by atoms with van der Waals surface area (Å²) in [7, 11) is 2.78. The Morgan fingerprint density at radius 1 is 0.929 bits per heavy atom. The molecular formula is C32H58N2O8. The van der Waals surface area contributed by atoms with Crippen molar-refractivity contribution in [2.24, 2.45) is 5.92 Å². The van der Waals surface area contributed by atoms with Crippen molar-refractivity contribution in [3.05, 3.63) is 12.2 Å². The molecule has 1 rings (SSSR count). The number of carbonyl (C=O) groups is 3. The highest BCUT2D eigenvalue weighted by Crippen LogP contribution is 2.18. The Kier molecular flexibility index (Phi) is 19.6. The number of aliphatic hydroxyl groups excluding tert-OH is 3. The van der Waals surface area contributed by atoms with Crippen LogP contribution < -0.4 is 5.32 Å². The number of nitrogens with one attached hydrogen (secondary N) is 1. The quantitative estimate of drug-likeness (QED) is 0.0890. The van der Waals surface area contributed by atoms with Crippen LogP contribution in [0.15, 0.2) is 12.2 Å². The largest absolute Gasteiger partial charge is 0.460 e. The van der Waals surface area contributed by atoms with Crippen molar-refractivity contribution in [1.29, 1.82) is 0 Å². The van der Waals surface area contributed by atoms with Gasteiger partial charge in [0.1, 0.15) is 30.5 Å². The van der Waals surface area contributed by atoms with Crippen molar-refractivity contribution < 1.29 is 39.2 Å². The van der Waals surface area contributed by atoms with Crippen molar-refractivity contribution >= 4 is 17.8 Å². The number of nitrogens with zero attached hydrogens (tertiary/aromatic N) is 1. The summed E-state index contributed by atoms with van der Waals surface area (Å²) in [4.78, 5) is 39.7. The molecule has 0 unspecified atom stereocenters. The summed E-state index contributed by atoms with van der Waals surface area (Å²) in [6.45, 7) is 6.23. The van der Waals surface area contributed by atoms with Crippen LogP contribution in [0.1, 0.15) is 111 Å². The summed E-state index contributed by atoms with van der Waals surface area (Å²) >= 11 is 0. The Balaban J connectivity index is 2.47. The smallest absolute Gasteiger partial charge is 0.306 e. The highest BCUT2D eigenvalue weighted by molar-refractivity contribution is 5.89. The molecule has 0 aromatic heterocycles. The van der Waals surface area contributed by atoms with Crippen LogP contribution in [0.5, 0.6) is 0 Å². The van der Waals surface area contributed by atoms with Gasteiger partial charge in [-0.05, 0) is 25.2 Å². The lowest BCUT2D eigenvalue weighted by Crippen LogP contribution is -2.55.